The highest BCUT2D eigenvalue weighted by Crippen LogP contribution is 2.25. The number of aliphatic hydroxyl groups is 2. The molecule has 1 rings (SSSR count). The second kappa shape index (κ2) is 3.56. The van der Waals surface area contributed by atoms with Crippen LogP contribution in [0.1, 0.15) is 16.7 Å². The quantitative estimate of drug-likeness (QED) is 0.608. The smallest absolute Gasteiger partial charge is 0.126 e. The van der Waals surface area contributed by atoms with Gasteiger partial charge in [0, 0.05) is 11.1 Å². The molecule has 0 aliphatic heterocycles. The van der Waals surface area contributed by atoms with Crippen LogP contribution in [-0.4, -0.2) is 15.3 Å². The standard InChI is InChI=1S/C9H12O3/c1-6-2-3-7(4-10)9(12)8(6)5-11/h2-3,10-12H,4-5H2,1H3. The highest BCUT2D eigenvalue weighted by atomic mass is 16.3. The average molecular weight is 168 g/mol. The number of hydrogen-bond donors (Lipinski definition) is 3. The third-order valence-electron chi connectivity index (χ3n) is 1.93. The first-order chi connectivity index (χ1) is 5.70. The van der Waals surface area contributed by atoms with Crippen LogP contribution in [0, 0.1) is 6.92 Å². The van der Waals surface area contributed by atoms with Gasteiger partial charge in [0.05, 0.1) is 13.2 Å². The van der Waals surface area contributed by atoms with Crippen LogP contribution in [0.25, 0.3) is 0 Å². The first-order valence-corrected chi connectivity index (χ1v) is 3.72. The number of phenols is 1. The molecular weight excluding hydrogens is 156 g/mol. The van der Waals surface area contributed by atoms with Gasteiger partial charge in [-0.25, -0.2) is 0 Å². The monoisotopic (exact) mass is 168 g/mol. The highest BCUT2D eigenvalue weighted by Gasteiger charge is 2.07. The minimum Gasteiger partial charge on any atom is -0.507 e. The second-order valence-electron chi connectivity index (χ2n) is 2.68. The topological polar surface area (TPSA) is 60.7 Å². The molecule has 0 bridgehead atoms. The molecule has 1 aromatic carbocycles. The first-order valence-electron chi connectivity index (χ1n) is 3.72. The Kier molecular flexibility index (Phi) is 2.68. The Balaban J connectivity index is 3.24. The fourth-order valence-electron chi connectivity index (χ4n) is 1.11. The van der Waals surface area contributed by atoms with Crippen molar-refractivity contribution in [3.05, 3.63) is 28.8 Å². The second-order valence-corrected chi connectivity index (χ2v) is 2.68. The summed E-state index contributed by atoms with van der Waals surface area (Å²) in [6, 6.07) is 3.40. The van der Waals surface area contributed by atoms with Crippen LogP contribution in [0.5, 0.6) is 5.75 Å². The van der Waals surface area contributed by atoms with Crippen molar-refractivity contribution in [2.75, 3.05) is 0 Å². The van der Waals surface area contributed by atoms with Crippen molar-refractivity contribution in [1.29, 1.82) is 0 Å². The zero-order valence-electron chi connectivity index (χ0n) is 6.91. The molecule has 0 saturated heterocycles. The van der Waals surface area contributed by atoms with Gasteiger partial charge in [-0.2, -0.15) is 0 Å². The number of hydrogen-bond acceptors (Lipinski definition) is 3. The van der Waals surface area contributed by atoms with E-state index < -0.39 is 0 Å². The molecule has 3 N–H and O–H groups in total. The lowest BCUT2D eigenvalue weighted by atomic mass is 10.0. The SMILES string of the molecule is Cc1ccc(CO)c(O)c1CO. The summed E-state index contributed by atoms with van der Waals surface area (Å²) in [6.07, 6.45) is 0. The molecule has 0 aliphatic rings. The summed E-state index contributed by atoms with van der Waals surface area (Å²) in [4.78, 5) is 0. The first kappa shape index (κ1) is 9.03. The highest BCUT2D eigenvalue weighted by molar-refractivity contribution is 5.44. The van der Waals surface area contributed by atoms with Crippen molar-refractivity contribution in [1.82, 2.24) is 0 Å². The molecule has 3 nitrogen and oxygen atoms in total. The molecule has 0 atom stereocenters. The zero-order chi connectivity index (χ0) is 9.14. The van der Waals surface area contributed by atoms with Crippen LogP contribution in [0.2, 0.25) is 0 Å². The van der Waals surface area contributed by atoms with E-state index in [2.05, 4.69) is 0 Å². The van der Waals surface area contributed by atoms with Gasteiger partial charge in [-0.1, -0.05) is 12.1 Å². The lowest BCUT2D eigenvalue weighted by Crippen LogP contribution is -1.94. The van der Waals surface area contributed by atoms with Crippen LogP contribution >= 0.6 is 0 Å². The minimum atomic E-state index is -0.209. The van der Waals surface area contributed by atoms with Crippen molar-refractivity contribution in [3.8, 4) is 5.75 Å². The fraction of sp³-hybridized carbons (Fsp3) is 0.333. The summed E-state index contributed by atoms with van der Waals surface area (Å²) in [5.74, 6) is 0.000000000000000444. The third-order valence-corrected chi connectivity index (χ3v) is 1.93. The summed E-state index contributed by atoms with van der Waals surface area (Å²) < 4.78 is 0. The molecule has 3 heteroatoms. The molecule has 0 amide bonds. The van der Waals surface area contributed by atoms with E-state index in [4.69, 9.17) is 10.2 Å². The van der Waals surface area contributed by atoms with E-state index in [0.717, 1.165) is 5.56 Å². The summed E-state index contributed by atoms with van der Waals surface area (Å²) >= 11 is 0. The largest absolute Gasteiger partial charge is 0.507 e. The Morgan fingerprint density at radius 1 is 1.17 bits per heavy atom. The van der Waals surface area contributed by atoms with Gasteiger partial charge in [-0.05, 0) is 12.5 Å². The van der Waals surface area contributed by atoms with Crippen LogP contribution < -0.4 is 0 Å². The molecule has 66 valence electrons. The molecule has 0 fully saturated rings. The van der Waals surface area contributed by atoms with Gasteiger partial charge in [0.1, 0.15) is 5.75 Å². The van der Waals surface area contributed by atoms with Gasteiger partial charge >= 0.3 is 0 Å². The van der Waals surface area contributed by atoms with Crippen molar-refractivity contribution in [2.45, 2.75) is 20.1 Å². The maximum absolute atomic E-state index is 9.45. The zero-order valence-corrected chi connectivity index (χ0v) is 6.91. The molecule has 12 heavy (non-hydrogen) atoms. The third kappa shape index (κ3) is 1.42. The molecular formula is C9H12O3. The number of rotatable bonds is 2. The van der Waals surface area contributed by atoms with Crippen LogP contribution in [0.4, 0.5) is 0 Å². The Morgan fingerprint density at radius 3 is 2.33 bits per heavy atom. The van der Waals surface area contributed by atoms with Gasteiger partial charge < -0.3 is 15.3 Å². The number of aryl methyl sites for hydroxylation is 1. The predicted octanol–water partition coefficient (Wildman–Crippen LogP) is 0.685. The van der Waals surface area contributed by atoms with Gasteiger partial charge in [0.25, 0.3) is 0 Å². The molecule has 1 aromatic rings. The molecule has 0 heterocycles. The van der Waals surface area contributed by atoms with Gasteiger partial charge in [0.15, 0.2) is 0 Å². The van der Waals surface area contributed by atoms with E-state index in [-0.39, 0.29) is 19.0 Å². The van der Waals surface area contributed by atoms with Gasteiger partial charge in [-0.3, -0.25) is 0 Å². The van der Waals surface area contributed by atoms with Crippen LogP contribution in [0.15, 0.2) is 12.1 Å². The van der Waals surface area contributed by atoms with E-state index >= 15 is 0 Å². The van der Waals surface area contributed by atoms with Crippen molar-refractivity contribution >= 4 is 0 Å². The Bertz CT molecular complexity index is 281. The number of aliphatic hydroxyl groups excluding tert-OH is 2. The van der Waals surface area contributed by atoms with Crippen LogP contribution in [0.3, 0.4) is 0 Å². The molecule has 0 saturated carbocycles. The molecule has 0 aliphatic carbocycles. The van der Waals surface area contributed by atoms with E-state index in [1.165, 1.54) is 0 Å². The molecule has 0 unspecified atom stereocenters. The summed E-state index contributed by atoms with van der Waals surface area (Å²) in [6.45, 7) is 1.39. The lowest BCUT2D eigenvalue weighted by Gasteiger charge is -2.08. The maximum Gasteiger partial charge on any atom is 0.126 e. The molecule has 0 radical (unpaired) electrons. The van der Waals surface area contributed by atoms with Crippen molar-refractivity contribution < 1.29 is 15.3 Å². The summed E-state index contributed by atoms with van der Waals surface area (Å²) in [7, 11) is 0. The van der Waals surface area contributed by atoms with Gasteiger partial charge in [0.2, 0.25) is 0 Å². The van der Waals surface area contributed by atoms with Crippen molar-refractivity contribution in [2.24, 2.45) is 0 Å². The van der Waals surface area contributed by atoms with Crippen LogP contribution in [-0.2, 0) is 13.2 Å². The minimum absolute atomic E-state index is 0.000000000000000444. The normalized spacial score (nSPS) is 10.2. The Morgan fingerprint density at radius 2 is 1.83 bits per heavy atom. The molecule has 0 spiro atoms. The Labute approximate surface area is 70.9 Å². The number of benzene rings is 1. The van der Waals surface area contributed by atoms with E-state index in [1.54, 1.807) is 19.1 Å². The van der Waals surface area contributed by atoms with E-state index in [9.17, 15) is 5.11 Å². The van der Waals surface area contributed by atoms with E-state index in [1.807, 2.05) is 0 Å². The molecule has 0 aromatic heterocycles. The average Bonchev–Trinajstić information content (AvgIpc) is 2.06. The lowest BCUT2D eigenvalue weighted by molar-refractivity contribution is 0.263. The fourth-order valence-corrected chi connectivity index (χ4v) is 1.11. The number of aromatic hydroxyl groups is 1. The maximum atomic E-state index is 9.45. The van der Waals surface area contributed by atoms with E-state index in [0.29, 0.717) is 11.1 Å². The van der Waals surface area contributed by atoms with Gasteiger partial charge in [-0.15, -0.1) is 0 Å². The summed E-state index contributed by atoms with van der Waals surface area (Å²) in [5, 5.41) is 27.1. The summed E-state index contributed by atoms with van der Waals surface area (Å²) in [5.41, 5.74) is 1.76. The predicted molar refractivity (Wildman–Crippen MR) is 44.7 cm³/mol. The Hall–Kier alpha value is -1.06. The van der Waals surface area contributed by atoms with Crippen molar-refractivity contribution in [3.63, 3.8) is 0 Å².